The summed E-state index contributed by atoms with van der Waals surface area (Å²) in [6, 6.07) is 5.44. The van der Waals surface area contributed by atoms with Crippen molar-refractivity contribution < 1.29 is 9.53 Å². The Morgan fingerprint density at radius 3 is 3.06 bits per heavy atom. The van der Waals surface area contributed by atoms with Crippen LogP contribution in [0.2, 0.25) is 0 Å². The second kappa shape index (κ2) is 4.57. The van der Waals surface area contributed by atoms with Crippen LogP contribution in [0.3, 0.4) is 0 Å². The zero-order valence-corrected chi connectivity index (χ0v) is 9.93. The first-order valence-electron chi connectivity index (χ1n) is 4.81. The van der Waals surface area contributed by atoms with Gasteiger partial charge >= 0.3 is 5.97 Å². The third-order valence-corrected chi connectivity index (χ3v) is 2.81. The van der Waals surface area contributed by atoms with Crippen LogP contribution in [0.15, 0.2) is 18.2 Å². The van der Waals surface area contributed by atoms with Gasteiger partial charge in [-0.25, -0.2) is 9.78 Å². The zero-order chi connectivity index (χ0) is 11.5. The van der Waals surface area contributed by atoms with Crippen molar-refractivity contribution in [2.24, 2.45) is 0 Å². The second-order valence-corrected chi connectivity index (χ2v) is 4.18. The van der Waals surface area contributed by atoms with E-state index in [1.165, 1.54) is 7.11 Å². The molecular formula is C11H12N2O2S. The molecule has 1 aromatic carbocycles. The molecule has 0 aliphatic carbocycles. The van der Waals surface area contributed by atoms with Gasteiger partial charge in [-0.1, -0.05) is 6.07 Å². The number of thioether (sulfide) groups is 1. The molecule has 0 amide bonds. The molecule has 4 nitrogen and oxygen atoms in total. The number of para-hydroxylation sites is 1. The number of hydrogen-bond donors (Lipinski definition) is 1. The SMILES string of the molecule is COC(=O)c1cccc2[nH]c(CSC)nc12. The number of rotatable bonds is 3. The van der Waals surface area contributed by atoms with Crippen LogP contribution in [0, 0.1) is 0 Å². The maximum atomic E-state index is 11.5. The van der Waals surface area contributed by atoms with Crippen LogP contribution in [-0.4, -0.2) is 29.3 Å². The van der Waals surface area contributed by atoms with Crippen LogP contribution in [0.4, 0.5) is 0 Å². The number of carbonyl (C=O) groups is 1. The fourth-order valence-electron chi connectivity index (χ4n) is 1.56. The summed E-state index contributed by atoms with van der Waals surface area (Å²) in [7, 11) is 1.37. The molecule has 16 heavy (non-hydrogen) atoms. The van der Waals surface area contributed by atoms with Crippen molar-refractivity contribution in [3.8, 4) is 0 Å². The molecule has 84 valence electrons. The molecule has 2 rings (SSSR count). The van der Waals surface area contributed by atoms with E-state index < -0.39 is 0 Å². The lowest BCUT2D eigenvalue weighted by Crippen LogP contribution is -2.01. The fraction of sp³-hybridized carbons (Fsp3) is 0.273. The van der Waals surface area contributed by atoms with Crippen molar-refractivity contribution in [3.05, 3.63) is 29.6 Å². The standard InChI is InChI=1S/C11H12N2O2S/c1-15-11(14)7-4-3-5-8-10(7)13-9(12-8)6-16-2/h3-5H,6H2,1-2H3,(H,12,13). The number of imidazole rings is 1. The first kappa shape index (κ1) is 11.0. The van der Waals surface area contributed by atoms with Crippen LogP contribution in [0.1, 0.15) is 16.2 Å². The first-order valence-corrected chi connectivity index (χ1v) is 6.20. The largest absolute Gasteiger partial charge is 0.465 e. The van der Waals surface area contributed by atoms with E-state index in [0.717, 1.165) is 17.1 Å². The average molecular weight is 236 g/mol. The Kier molecular flexibility index (Phi) is 3.14. The van der Waals surface area contributed by atoms with E-state index in [9.17, 15) is 4.79 Å². The van der Waals surface area contributed by atoms with E-state index in [0.29, 0.717) is 11.1 Å². The molecule has 1 aromatic heterocycles. The Bertz CT molecular complexity index is 522. The minimum absolute atomic E-state index is 0.354. The van der Waals surface area contributed by atoms with Gasteiger partial charge in [0, 0.05) is 0 Å². The maximum absolute atomic E-state index is 11.5. The number of fused-ring (bicyclic) bond motifs is 1. The molecule has 2 aromatic rings. The van der Waals surface area contributed by atoms with Crippen LogP contribution < -0.4 is 0 Å². The third-order valence-electron chi connectivity index (χ3n) is 2.25. The maximum Gasteiger partial charge on any atom is 0.340 e. The van der Waals surface area contributed by atoms with Gasteiger partial charge in [0.15, 0.2) is 0 Å². The van der Waals surface area contributed by atoms with E-state index in [4.69, 9.17) is 4.74 Å². The van der Waals surface area contributed by atoms with Gasteiger partial charge < -0.3 is 9.72 Å². The Morgan fingerprint density at radius 1 is 1.56 bits per heavy atom. The molecule has 0 fully saturated rings. The van der Waals surface area contributed by atoms with Gasteiger partial charge in [-0.15, -0.1) is 0 Å². The summed E-state index contributed by atoms with van der Waals surface area (Å²) < 4.78 is 4.72. The highest BCUT2D eigenvalue weighted by molar-refractivity contribution is 7.97. The first-order chi connectivity index (χ1) is 7.76. The van der Waals surface area contributed by atoms with Crippen molar-refractivity contribution in [1.29, 1.82) is 0 Å². The smallest absolute Gasteiger partial charge is 0.340 e. The molecule has 1 N–H and O–H groups in total. The molecule has 0 atom stereocenters. The lowest BCUT2D eigenvalue weighted by molar-refractivity contribution is 0.0603. The molecule has 1 heterocycles. The molecule has 0 spiro atoms. The van der Waals surface area contributed by atoms with Gasteiger partial charge in [0.25, 0.3) is 0 Å². The van der Waals surface area contributed by atoms with Gasteiger partial charge in [-0.2, -0.15) is 11.8 Å². The predicted octanol–water partition coefficient (Wildman–Crippen LogP) is 2.21. The highest BCUT2D eigenvalue weighted by atomic mass is 32.2. The number of aromatic nitrogens is 2. The van der Waals surface area contributed by atoms with E-state index in [2.05, 4.69) is 9.97 Å². The lowest BCUT2D eigenvalue weighted by atomic mass is 10.2. The zero-order valence-electron chi connectivity index (χ0n) is 9.11. The van der Waals surface area contributed by atoms with Crippen LogP contribution in [0.5, 0.6) is 0 Å². The third kappa shape index (κ3) is 1.90. The summed E-state index contributed by atoms with van der Waals surface area (Å²) in [6.07, 6.45) is 2.01. The molecule has 0 saturated heterocycles. The number of hydrogen-bond acceptors (Lipinski definition) is 4. The summed E-state index contributed by atoms with van der Waals surface area (Å²) in [4.78, 5) is 19.1. The molecular weight excluding hydrogens is 224 g/mol. The average Bonchev–Trinajstić information content (AvgIpc) is 2.70. The molecule has 0 bridgehead atoms. The van der Waals surface area contributed by atoms with Gasteiger partial charge in [-0.05, 0) is 18.4 Å². The summed E-state index contributed by atoms with van der Waals surface area (Å²) >= 11 is 1.68. The van der Waals surface area contributed by atoms with Crippen molar-refractivity contribution in [3.63, 3.8) is 0 Å². The van der Waals surface area contributed by atoms with E-state index in [1.807, 2.05) is 18.4 Å². The van der Waals surface area contributed by atoms with Gasteiger partial charge in [0.05, 0.1) is 23.9 Å². The Balaban J connectivity index is 2.54. The monoisotopic (exact) mass is 236 g/mol. The Morgan fingerprint density at radius 2 is 2.38 bits per heavy atom. The minimum Gasteiger partial charge on any atom is -0.465 e. The summed E-state index contributed by atoms with van der Waals surface area (Å²) in [5.41, 5.74) is 2.05. The molecule has 0 aliphatic rings. The fourth-order valence-corrected chi connectivity index (χ4v) is 1.97. The van der Waals surface area contributed by atoms with Crippen molar-refractivity contribution in [2.75, 3.05) is 13.4 Å². The van der Waals surface area contributed by atoms with Crippen molar-refractivity contribution in [1.82, 2.24) is 9.97 Å². The number of benzene rings is 1. The highest BCUT2D eigenvalue weighted by Gasteiger charge is 2.13. The predicted molar refractivity (Wildman–Crippen MR) is 64.7 cm³/mol. The molecule has 0 saturated carbocycles. The molecule has 5 heteroatoms. The Labute approximate surface area is 97.4 Å². The normalized spacial score (nSPS) is 10.6. The number of methoxy groups -OCH3 is 1. The van der Waals surface area contributed by atoms with Gasteiger partial charge in [-0.3, -0.25) is 0 Å². The highest BCUT2D eigenvalue weighted by Crippen LogP contribution is 2.18. The summed E-state index contributed by atoms with van der Waals surface area (Å²) in [5, 5.41) is 0. The van der Waals surface area contributed by atoms with Crippen molar-refractivity contribution in [2.45, 2.75) is 5.75 Å². The minimum atomic E-state index is -0.354. The molecule has 0 aliphatic heterocycles. The van der Waals surface area contributed by atoms with Crippen LogP contribution in [-0.2, 0) is 10.5 Å². The summed E-state index contributed by atoms with van der Waals surface area (Å²) in [5.74, 6) is 1.32. The lowest BCUT2D eigenvalue weighted by Gasteiger charge is -1.98. The topological polar surface area (TPSA) is 55.0 Å². The number of nitrogens with zero attached hydrogens (tertiary/aromatic N) is 1. The van der Waals surface area contributed by atoms with E-state index >= 15 is 0 Å². The number of carbonyl (C=O) groups excluding carboxylic acids is 1. The van der Waals surface area contributed by atoms with Crippen LogP contribution >= 0.6 is 11.8 Å². The van der Waals surface area contributed by atoms with Gasteiger partial charge in [0.2, 0.25) is 0 Å². The number of esters is 1. The second-order valence-electron chi connectivity index (χ2n) is 3.31. The van der Waals surface area contributed by atoms with Crippen LogP contribution in [0.25, 0.3) is 11.0 Å². The summed E-state index contributed by atoms with van der Waals surface area (Å²) in [6.45, 7) is 0. The molecule has 0 radical (unpaired) electrons. The Hall–Kier alpha value is -1.49. The van der Waals surface area contributed by atoms with E-state index in [1.54, 1.807) is 17.8 Å². The quantitative estimate of drug-likeness (QED) is 0.830. The number of H-pyrrole nitrogens is 1. The van der Waals surface area contributed by atoms with Crippen molar-refractivity contribution >= 4 is 28.8 Å². The number of ether oxygens (including phenoxy) is 1. The number of aromatic amines is 1. The molecule has 0 unspecified atom stereocenters. The number of nitrogens with one attached hydrogen (secondary N) is 1. The van der Waals surface area contributed by atoms with E-state index in [-0.39, 0.29) is 5.97 Å². The van der Waals surface area contributed by atoms with Gasteiger partial charge in [0.1, 0.15) is 11.3 Å².